The van der Waals surface area contributed by atoms with E-state index in [0.717, 1.165) is 18.1 Å². The maximum atomic E-state index is 4.54. The van der Waals surface area contributed by atoms with Crippen molar-refractivity contribution in [3.05, 3.63) is 103 Å². The Kier molecular flexibility index (Phi) is 4.62. The van der Waals surface area contributed by atoms with Crippen molar-refractivity contribution in [2.45, 2.75) is 12.6 Å². The van der Waals surface area contributed by atoms with Crippen LogP contribution in [0.15, 0.2) is 85.7 Å². The van der Waals surface area contributed by atoms with E-state index in [9.17, 15) is 0 Å². The molecule has 0 saturated heterocycles. The minimum Gasteiger partial charge on any atom is -0.336 e. The van der Waals surface area contributed by atoms with Crippen molar-refractivity contribution in [3.63, 3.8) is 0 Å². The van der Waals surface area contributed by atoms with Crippen molar-refractivity contribution >= 4 is 0 Å². The topological polar surface area (TPSA) is 47.7 Å². The summed E-state index contributed by atoms with van der Waals surface area (Å²) >= 11 is 0. The molecule has 0 saturated carbocycles. The molecule has 0 aliphatic carbocycles. The first-order valence-electron chi connectivity index (χ1n) is 8.64. The first kappa shape index (κ1) is 16.3. The van der Waals surface area contributed by atoms with Crippen molar-refractivity contribution in [1.29, 1.82) is 0 Å². The largest absolute Gasteiger partial charge is 0.336 e. The van der Waals surface area contributed by atoms with Gasteiger partial charge in [0.1, 0.15) is 5.82 Å². The number of aromatic nitrogens is 4. The molecule has 0 fully saturated rings. The summed E-state index contributed by atoms with van der Waals surface area (Å²) in [5, 5.41) is 3.65. The van der Waals surface area contributed by atoms with Gasteiger partial charge in [0.05, 0.1) is 12.4 Å². The fourth-order valence-corrected chi connectivity index (χ4v) is 3.08. The van der Waals surface area contributed by atoms with E-state index >= 15 is 0 Å². The van der Waals surface area contributed by atoms with Gasteiger partial charge >= 0.3 is 0 Å². The molecular weight excluding hydrogens is 322 g/mol. The highest BCUT2D eigenvalue weighted by Gasteiger charge is 2.17. The van der Waals surface area contributed by atoms with Crippen molar-refractivity contribution in [3.8, 4) is 5.69 Å². The normalized spacial score (nSPS) is 12.2. The lowest BCUT2D eigenvalue weighted by Crippen LogP contribution is -2.24. The predicted octanol–water partition coefficient (Wildman–Crippen LogP) is 3.49. The molecule has 1 atom stereocenters. The third-order valence-corrected chi connectivity index (χ3v) is 4.50. The number of rotatable bonds is 6. The number of hydrogen-bond donors (Lipinski definition) is 1. The van der Waals surface area contributed by atoms with Gasteiger partial charge in [0.15, 0.2) is 0 Å². The molecule has 5 heteroatoms. The molecule has 0 aliphatic heterocycles. The Bertz CT molecular complexity index is 940. The van der Waals surface area contributed by atoms with Crippen molar-refractivity contribution < 1.29 is 0 Å². The van der Waals surface area contributed by atoms with E-state index in [1.54, 1.807) is 12.5 Å². The molecule has 1 unspecified atom stereocenters. The minimum absolute atomic E-state index is 0.0459. The summed E-state index contributed by atoms with van der Waals surface area (Å²) in [7, 11) is 2.03. The smallest absolute Gasteiger partial charge is 0.130 e. The molecule has 0 bridgehead atoms. The molecule has 0 spiro atoms. The van der Waals surface area contributed by atoms with Gasteiger partial charge in [0, 0.05) is 44.1 Å². The Morgan fingerprint density at radius 2 is 1.77 bits per heavy atom. The molecule has 0 amide bonds. The van der Waals surface area contributed by atoms with Crippen LogP contribution in [0.25, 0.3) is 5.69 Å². The number of benzene rings is 2. The van der Waals surface area contributed by atoms with E-state index in [0.29, 0.717) is 0 Å². The Hall–Kier alpha value is -3.18. The van der Waals surface area contributed by atoms with Gasteiger partial charge in [-0.2, -0.15) is 0 Å². The molecule has 26 heavy (non-hydrogen) atoms. The van der Waals surface area contributed by atoms with Crippen molar-refractivity contribution in [1.82, 2.24) is 24.4 Å². The average molecular weight is 343 g/mol. The zero-order valence-corrected chi connectivity index (χ0v) is 14.7. The maximum absolute atomic E-state index is 4.54. The van der Waals surface area contributed by atoms with Crippen LogP contribution < -0.4 is 5.32 Å². The molecular formula is C21H21N5. The zero-order chi connectivity index (χ0) is 17.8. The lowest BCUT2D eigenvalue weighted by molar-refractivity contribution is 0.558. The highest BCUT2D eigenvalue weighted by atomic mass is 15.1. The van der Waals surface area contributed by atoms with Crippen molar-refractivity contribution in [2.24, 2.45) is 7.05 Å². The van der Waals surface area contributed by atoms with Crippen LogP contribution in [0.1, 0.15) is 23.0 Å². The van der Waals surface area contributed by atoms with Crippen LogP contribution in [0.5, 0.6) is 0 Å². The van der Waals surface area contributed by atoms with Crippen LogP contribution in [-0.4, -0.2) is 19.1 Å². The fraction of sp³-hybridized carbons (Fsp3) is 0.143. The Balaban J connectivity index is 1.53. The third-order valence-electron chi connectivity index (χ3n) is 4.50. The highest BCUT2D eigenvalue weighted by molar-refractivity contribution is 5.35. The van der Waals surface area contributed by atoms with E-state index < -0.39 is 0 Å². The van der Waals surface area contributed by atoms with Crippen LogP contribution >= 0.6 is 0 Å². The summed E-state index contributed by atoms with van der Waals surface area (Å²) < 4.78 is 4.06. The number of imidazole rings is 2. The number of hydrogen-bond acceptors (Lipinski definition) is 3. The predicted molar refractivity (Wildman–Crippen MR) is 102 cm³/mol. The number of nitrogens with one attached hydrogen (secondary N) is 1. The van der Waals surface area contributed by atoms with Gasteiger partial charge < -0.3 is 9.13 Å². The first-order valence-corrected chi connectivity index (χ1v) is 8.64. The monoisotopic (exact) mass is 343 g/mol. The molecule has 2 heterocycles. The van der Waals surface area contributed by atoms with Gasteiger partial charge in [0.2, 0.25) is 0 Å². The molecule has 0 aliphatic rings. The fourth-order valence-electron chi connectivity index (χ4n) is 3.08. The molecule has 4 aromatic rings. The second-order valence-corrected chi connectivity index (χ2v) is 6.26. The number of aryl methyl sites for hydroxylation is 1. The highest BCUT2D eigenvalue weighted by Crippen LogP contribution is 2.21. The van der Waals surface area contributed by atoms with Gasteiger partial charge in [-0.3, -0.25) is 5.32 Å². The van der Waals surface area contributed by atoms with E-state index in [2.05, 4.69) is 68.4 Å². The van der Waals surface area contributed by atoms with E-state index in [-0.39, 0.29) is 6.04 Å². The van der Waals surface area contributed by atoms with Crippen LogP contribution in [0.2, 0.25) is 0 Å². The summed E-state index contributed by atoms with van der Waals surface area (Å²) in [5.74, 6) is 1.01. The van der Waals surface area contributed by atoms with Gasteiger partial charge in [-0.25, -0.2) is 9.97 Å². The summed E-state index contributed by atoms with van der Waals surface area (Å²) in [6.45, 7) is 0.761. The van der Waals surface area contributed by atoms with Gasteiger partial charge in [-0.15, -0.1) is 0 Å². The second-order valence-electron chi connectivity index (χ2n) is 6.26. The molecule has 1 N–H and O–H groups in total. The molecule has 4 rings (SSSR count). The molecule has 2 aromatic carbocycles. The maximum Gasteiger partial charge on any atom is 0.130 e. The van der Waals surface area contributed by atoms with Crippen LogP contribution in [-0.2, 0) is 13.6 Å². The molecule has 2 aromatic heterocycles. The summed E-state index contributed by atoms with van der Waals surface area (Å²) in [6.07, 6.45) is 9.35. The van der Waals surface area contributed by atoms with Gasteiger partial charge in [-0.05, 0) is 23.3 Å². The molecule has 130 valence electrons. The van der Waals surface area contributed by atoms with Gasteiger partial charge in [0.25, 0.3) is 0 Å². The Morgan fingerprint density at radius 1 is 0.962 bits per heavy atom. The average Bonchev–Trinajstić information content (AvgIpc) is 3.36. The summed E-state index contributed by atoms with van der Waals surface area (Å²) in [4.78, 5) is 8.63. The first-order chi connectivity index (χ1) is 12.8. The molecule has 5 nitrogen and oxygen atoms in total. The van der Waals surface area contributed by atoms with Gasteiger partial charge in [-0.1, -0.05) is 42.5 Å². The van der Waals surface area contributed by atoms with Crippen LogP contribution in [0, 0.1) is 0 Å². The lowest BCUT2D eigenvalue weighted by atomic mass is 10.1. The lowest BCUT2D eigenvalue weighted by Gasteiger charge is -2.19. The number of nitrogens with zero attached hydrogens (tertiary/aromatic N) is 4. The second kappa shape index (κ2) is 7.37. The van der Waals surface area contributed by atoms with Crippen LogP contribution in [0.3, 0.4) is 0 Å². The molecule has 0 radical (unpaired) electrons. The van der Waals surface area contributed by atoms with E-state index in [1.807, 2.05) is 36.3 Å². The van der Waals surface area contributed by atoms with E-state index in [1.165, 1.54) is 11.1 Å². The van der Waals surface area contributed by atoms with E-state index in [4.69, 9.17) is 0 Å². The summed E-state index contributed by atoms with van der Waals surface area (Å²) in [5.41, 5.74) is 3.54. The summed E-state index contributed by atoms with van der Waals surface area (Å²) in [6, 6.07) is 19.0. The zero-order valence-electron chi connectivity index (χ0n) is 14.7. The quantitative estimate of drug-likeness (QED) is 0.583. The SMILES string of the molecule is Cn1ccnc1C(NCc1ccc(-n2ccnc2)cc1)c1ccccc1. The van der Waals surface area contributed by atoms with Crippen molar-refractivity contribution in [2.75, 3.05) is 0 Å². The van der Waals surface area contributed by atoms with Crippen LogP contribution in [0.4, 0.5) is 0 Å². The standard InChI is InChI=1S/C21H21N5/c1-25-13-12-23-21(25)20(18-5-3-2-4-6-18)24-15-17-7-9-19(10-8-17)26-14-11-22-16-26/h2-14,16,20,24H,15H2,1H3. The minimum atomic E-state index is 0.0459. The Morgan fingerprint density at radius 3 is 2.42 bits per heavy atom. The Labute approximate surface area is 153 Å². The third kappa shape index (κ3) is 3.43.